The fraction of sp³-hybridized carbons (Fsp3) is 0.241. The van der Waals surface area contributed by atoms with Gasteiger partial charge in [-0.25, -0.2) is 0 Å². The number of allylic oxidation sites excluding steroid dienone is 1. The molecular weight excluding hydrogens is 492 g/mol. The highest BCUT2D eigenvalue weighted by molar-refractivity contribution is 6.15. The van der Waals surface area contributed by atoms with Crippen molar-refractivity contribution < 1.29 is 42.7 Å². The molecule has 1 unspecified atom stereocenters. The number of ether oxygens (including phenoxy) is 7. The van der Waals surface area contributed by atoms with Crippen molar-refractivity contribution in [2.75, 3.05) is 34.5 Å². The van der Waals surface area contributed by atoms with Gasteiger partial charge in [-0.05, 0) is 42.0 Å². The fourth-order valence-electron chi connectivity index (χ4n) is 5.05. The summed E-state index contributed by atoms with van der Waals surface area (Å²) in [6.45, 7) is 0.815. The minimum Gasteiger partial charge on any atom is -0.493 e. The van der Waals surface area contributed by atoms with Crippen molar-refractivity contribution in [1.82, 2.24) is 0 Å². The molecule has 0 saturated carbocycles. The van der Waals surface area contributed by atoms with Crippen LogP contribution < -0.4 is 33.2 Å². The molecule has 3 aromatic rings. The molecule has 9 heteroatoms. The third kappa shape index (κ3) is 3.78. The summed E-state index contributed by atoms with van der Waals surface area (Å²) in [4.78, 5) is 26.0. The highest BCUT2D eigenvalue weighted by Gasteiger charge is 2.39. The van der Waals surface area contributed by atoms with Crippen LogP contribution in [0.3, 0.4) is 0 Å². The van der Waals surface area contributed by atoms with Crippen LogP contribution in [0.1, 0.15) is 39.4 Å². The van der Waals surface area contributed by atoms with E-state index >= 15 is 0 Å². The summed E-state index contributed by atoms with van der Waals surface area (Å²) in [5.41, 5.74) is 2.36. The van der Waals surface area contributed by atoms with Gasteiger partial charge in [-0.1, -0.05) is 12.1 Å². The molecule has 38 heavy (non-hydrogen) atoms. The Balaban J connectivity index is 1.46. The molecule has 0 aliphatic carbocycles. The quantitative estimate of drug-likeness (QED) is 0.275. The average Bonchev–Trinajstić information content (AvgIpc) is 3.26. The summed E-state index contributed by atoms with van der Waals surface area (Å²) in [7, 11) is 4.62. The molecule has 3 aromatic carbocycles. The number of esters is 1. The van der Waals surface area contributed by atoms with Crippen LogP contribution in [0, 0.1) is 0 Å². The lowest BCUT2D eigenvalue weighted by Gasteiger charge is -2.28. The van der Waals surface area contributed by atoms with E-state index in [2.05, 4.69) is 0 Å². The lowest BCUT2D eigenvalue weighted by Crippen LogP contribution is -2.22. The Kier molecular flexibility index (Phi) is 5.83. The maximum atomic E-state index is 13.4. The molecule has 3 aliphatic rings. The molecule has 0 spiro atoms. The maximum absolute atomic E-state index is 13.4. The molecule has 1 atom stereocenters. The van der Waals surface area contributed by atoms with E-state index in [-0.39, 0.29) is 18.0 Å². The maximum Gasteiger partial charge on any atom is 0.312 e. The zero-order chi connectivity index (χ0) is 26.4. The minimum absolute atomic E-state index is 0.0482. The van der Waals surface area contributed by atoms with Crippen molar-refractivity contribution in [3.8, 4) is 40.2 Å². The number of rotatable bonds is 5. The normalized spacial score (nSPS) is 18.3. The second kappa shape index (κ2) is 9.33. The smallest absolute Gasteiger partial charge is 0.312 e. The Hall–Kier alpha value is -4.66. The van der Waals surface area contributed by atoms with Gasteiger partial charge in [0, 0.05) is 17.0 Å². The summed E-state index contributed by atoms with van der Waals surface area (Å²) in [5.74, 6) is 2.21. The van der Waals surface area contributed by atoms with Gasteiger partial charge in [0.25, 0.3) is 0 Å². The van der Waals surface area contributed by atoms with Gasteiger partial charge < -0.3 is 33.2 Å². The van der Waals surface area contributed by atoms with Gasteiger partial charge >= 0.3 is 5.97 Å². The second-order valence-electron chi connectivity index (χ2n) is 8.85. The van der Waals surface area contributed by atoms with Gasteiger partial charge in [0.2, 0.25) is 11.5 Å². The van der Waals surface area contributed by atoms with Gasteiger partial charge in [0.05, 0.1) is 33.3 Å². The molecule has 0 N–H and O–H groups in total. The van der Waals surface area contributed by atoms with Crippen LogP contribution in [0.4, 0.5) is 0 Å². The summed E-state index contributed by atoms with van der Waals surface area (Å²) in [6.07, 6.45) is 1.67. The van der Waals surface area contributed by atoms with E-state index in [4.69, 9.17) is 33.2 Å². The van der Waals surface area contributed by atoms with E-state index in [0.29, 0.717) is 70.2 Å². The highest BCUT2D eigenvalue weighted by Crippen LogP contribution is 2.51. The first kappa shape index (κ1) is 23.7. The molecule has 0 aromatic heterocycles. The fourth-order valence-corrected chi connectivity index (χ4v) is 5.05. The third-order valence-electron chi connectivity index (χ3n) is 6.75. The van der Waals surface area contributed by atoms with Crippen molar-refractivity contribution in [2.24, 2.45) is 0 Å². The molecule has 9 nitrogen and oxygen atoms in total. The standard InChI is InChI=1S/C29H24O9/c1-32-20-6-4-5-15(27(20)34-3)11-21-26(31)17-7-8-19-25(28(17)38-21)18(14-24(30)37-19)16-12-22(33-2)29-23(13-16)35-9-10-36-29/h4-8,11-13,18H,9-10,14H2,1-3H3/b21-11-. The van der Waals surface area contributed by atoms with E-state index < -0.39 is 11.9 Å². The Morgan fingerprint density at radius 2 is 1.66 bits per heavy atom. The van der Waals surface area contributed by atoms with Gasteiger partial charge in [-0.2, -0.15) is 0 Å². The lowest BCUT2D eigenvalue weighted by molar-refractivity contribution is -0.135. The van der Waals surface area contributed by atoms with E-state index in [9.17, 15) is 9.59 Å². The number of methoxy groups -OCH3 is 3. The van der Waals surface area contributed by atoms with Gasteiger partial charge in [0.1, 0.15) is 24.7 Å². The number of fused-ring (bicyclic) bond motifs is 4. The van der Waals surface area contributed by atoms with Gasteiger partial charge in [-0.3, -0.25) is 9.59 Å². The number of ketones is 1. The van der Waals surface area contributed by atoms with Crippen molar-refractivity contribution >= 4 is 17.8 Å². The van der Waals surface area contributed by atoms with E-state index in [1.165, 1.54) is 7.11 Å². The zero-order valence-electron chi connectivity index (χ0n) is 21.0. The molecule has 0 bridgehead atoms. The molecule has 3 heterocycles. The first-order valence-electron chi connectivity index (χ1n) is 12.0. The number of Topliss-reactive ketones (excluding diaryl/α,β-unsaturated/α-hetero) is 1. The predicted octanol–water partition coefficient (Wildman–Crippen LogP) is 4.54. The minimum atomic E-state index is -0.468. The Bertz CT molecular complexity index is 1490. The molecule has 0 saturated heterocycles. The number of carbonyl (C=O) groups is 2. The van der Waals surface area contributed by atoms with Crippen molar-refractivity contribution in [3.05, 3.63) is 70.5 Å². The summed E-state index contributed by atoms with van der Waals surface area (Å²) >= 11 is 0. The first-order chi connectivity index (χ1) is 18.5. The second-order valence-corrected chi connectivity index (χ2v) is 8.85. The summed E-state index contributed by atoms with van der Waals surface area (Å²) in [6, 6.07) is 12.3. The molecule has 194 valence electrons. The van der Waals surface area contributed by atoms with Crippen LogP contribution >= 0.6 is 0 Å². The van der Waals surface area contributed by atoms with Gasteiger partial charge in [-0.15, -0.1) is 0 Å². The zero-order valence-corrected chi connectivity index (χ0v) is 21.0. The molecule has 6 rings (SSSR count). The third-order valence-corrected chi connectivity index (χ3v) is 6.75. The monoisotopic (exact) mass is 516 g/mol. The number of hydrogen-bond donors (Lipinski definition) is 0. The van der Waals surface area contributed by atoms with Crippen molar-refractivity contribution in [3.63, 3.8) is 0 Å². The Morgan fingerprint density at radius 3 is 2.45 bits per heavy atom. The predicted molar refractivity (Wildman–Crippen MR) is 135 cm³/mol. The number of para-hydroxylation sites is 1. The summed E-state index contributed by atoms with van der Waals surface area (Å²) in [5, 5.41) is 0. The number of carbonyl (C=O) groups excluding carboxylic acids is 2. The van der Waals surface area contributed by atoms with Crippen LogP contribution in [0.25, 0.3) is 6.08 Å². The van der Waals surface area contributed by atoms with Crippen LogP contribution in [-0.4, -0.2) is 46.3 Å². The number of hydrogen-bond acceptors (Lipinski definition) is 9. The molecule has 0 radical (unpaired) electrons. The average molecular weight is 517 g/mol. The van der Waals surface area contributed by atoms with Crippen LogP contribution in [0.15, 0.2) is 48.2 Å². The molecule has 0 amide bonds. The van der Waals surface area contributed by atoms with Crippen LogP contribution in [0.5, 0.6) is 40.2 Å². The summed E-state index contributed by atoms with van der Waals surface area (Å²) < 4.78 is 39.7. The Labute approximate surface area is 218 Å². The van der Waals surface area contributed by atoms with Crippen LogP contribution in [-0.2, 0) is 4.79 Å². The van der Waals surface area contributed by atoms with E-state index in [1.807, 2.05) is 12.1 Å². The van der Waals surface area contributed by atoms with Crippen molar-refractivity contribution in [2.45, 2.75) is 12.3 Å². The molecule has 3 aliphatic heterocycles. The Morgan fingerprint density at radius 1 is 0.842 bits per heavy atom. The molecular formula is C29H24O9. The highest BCUT2D eigenvalue weighted by atomic mass is 16.6. The van der Waals surface area contributed by atoms with Crippen LogP contribution in [0.2, 0.25) is 0 Å². The largest absolute Gasteiger partial charge is 0.493 e. The number of benzene rings is 3. The lowest BCUT2D eigenvalue weighted by atomic mass is 9.84. The topological polar surface area (TPSA) is 98.8 Å². The van der Waals surface area contributed by atoms with Crippen molar-refractivity contribution in [1.29, 1.82) is 0 Å². The SMILES string of the molecule is COc1cccc(/C=C2\Oc3c(ccc4c3C(c3cc(OC)c5c(c3)OCCO5)CC(=O)O4)C2=O)c1OC. The van der Waals surface area contributed by atoms with E-state index in [1.54, 1.807) is 50.6 Å². The van der Waals surface area contributed by atoms with Gasteiger partial charge in [0.15, 0.2) is 28.8 Å². The first-order valence-corrected chi connectivity index (χ1v) is 12.0. The van der Waals surface area contributed by atoms with E-state index in [0.717, 1.165) is 5.56 Å². The molecule has 0 fully saturated rings.